The number of esters is 1. The SMILES string of the molecule is COC(=O)c1ccc(Nc2cc(C(C)(C)C)cc(C(C)(C)C)c2)nc1. The van der Waals surface area contributed by atoms with E-state index in [4.69, 9.17) is 4.74 Å². The van der Waals surface area contributed by atoms with Crippen molar-refractivity contribution in [3.05, 3.63) is 53.2 Å². The van der Waals surface area contributed by atoms with Gasteiger partial charge in [0.25, 0.3) is 0 Å². The van der Waals surface area contributed by atoms with Crippen LogP contribution < -0.4 is 5.32 Å². The highest BCUT2D eigenvalue weighted by molar-refractivity contribution is 5.89. The Hall–Kier alpha value is -2.36. The average molecular weight is 340 g/mol. The van der Waals surface area contributed by atoms with Crippen molar-refractivity contribution in [2.45, 2.75) is 52.4 Å². The van der Waals surface area contributed by atoms with Gasteiger partial charge in [0.2, 0.25) is 0 Å². The zero-order valence-electron chi connectivity index (χ0n) is 16.2. The molecule has 1 aromatic carbocycles. The molecule has 0 saturated carbocycles. The maximum absolute atomic E-state index is 11.5. The highest BCUT2D eigenvalue weighted by Gasteiger charge is 2.20. The summed E-state index contributed by atoms with van der Waals surface area (Å²) in [6.07, 6.45) is 1.52. The minimum Gasteiger partial charge on any atom is -0.465 e. The van der Waals surface area contributed by atoms with Gasteiger partial charge in [-0.05, 0) is 46.2 Å². The average Bonchev–Trinajstić information content (AvgIpc) is 2.53. The van der Waals surface area contributed by atoms with Crippen molar-refractivity contribution in [3.8, 4) is 0 Å². The van der Waals surface area contributed by atoms with Gasteiger partial charge in [-0.1, -0.05) is 47.6 Å². The Morgan fingerprint density at radius 1 is 0.960 bits per heavy atom. The smallest absolute Gasteiger partial charge is 0.339 e. The Morgan fingerprint density at radius 3 is 1.92 bits per heavy atom. The molecule has 1 heterocycles. The summed E-state index contributed by atoms with van der Waals surface area (Å²) < 4.78 is 4.70. The summed E-state index contributed by atoms with van der Waals surface area (Å²) in [5.74, 6) is 0.308. The molecule has 4 nitrogen and oxygen atoms in total. The third-order valence-electron chi connectivity index (χ3n) is 4.12. The maximum atomic E-state index is 11.5. The van der Waals surface area contributed by atoms with Crippen LogP contribution in [0.5, 0.6) is 0 Å². The van der Waals surface area contributed by atoms with Gasteiger partial charge in [0.15, 0.2) is 0 Å². The van der Waals surface area contributed by atoms with Gasteiger partial charge in [0.1, 0.15) is 5.82 Å². The molecule has 134 valence electrons. The molecule has 0 amide bonds. The summed E-state index contributed by atoms with van der Waals surface area (Å²) in [5, 5.41) is 3.35. The largest absolute Gasteiger partial charge is 0.465 e. The number of pyridine rings is 1. The monoisotopic (exact) mass is 340 g/mol. The fourth-order valence-corrected chi connectivity index (χ4v) is 2.42. The Morgan fingerprint density at radius 2 is 1.52 bits per heavy atom. The fourth-order valence-electron chi connectivity index (χ4n) is 2.42. The summed E-state index contributed by atoms with van der Waals surface area (Å²) in [5.41, 5.74) is 4.09. The van der Waals surface area contributed by atoms with E-state index in [2.05, 4.69) is 70.0 Å². The molecule has 1 N–H and O–H groups in total. The van der Waals surface area contributed by atoms with Crippen LogP contribution >= 0.6 is 0 Å². The normalized spacial score (nSPS) is 12.0. The Bertz CT molecular complexity index is 719. The standard InChI is InChI=1S/C21H28N2O2/c1-20(2,3)15-10-16(21(4,5)6)12-17(11-15)23-18-9-8-14(13-22-18)19(24)25-7/h8-13H,1-7H3,(H,22,23). The summed E-state index contributed by atoms with van der Waals surface area (Å²) in [7, 11) is 1.36. The van der Waals surface area contributed by atoms with Gasteiger partial charge in [0.05, 0.1) is 12.7 Å². The van der Waals surface area contributed by atoms with E-state index in [1.165, 1.54) is 24.4 Å². The lowest BCUT2D eigenvalue weighted by Gasteiger charge is -2.26. The van der Waals surface area contributed by atoms with Crippen molar-refractivity contribution >= 4 is 17.5 Å². The minimum atomic E-state index is -0.385. The number of hydrogen-bond acceptors (Lipinski definition) is 4. The highest BCUT2D eigenvalue weighted by atomic mass is 16.5. The molecule has 0 aliphatic rings. The van der Waals surface area contributed by atoms with Crippen molar-refractivity contribution < 1.29 is 9.53 Å². The zero-order valence-corrected chi connectivity index (χ0v) is 16.2. The quantitative estimate of drug-likeness (QED) is 0.780. The lowest BCUT2D eigenvalue weighted by atomic mass is 9.80. The number of aromatic nitrogens is 1. The molecular formula is C21H28N2O2. The van der Waals surface area contributed by atoms with E-state index in [-0.39, 0.29) is 16.8 Å². The molecule has 0 bridgehead atoms. The van der Waals surface area contributed by atoms with E-state index < -0.39 is 0 Å². The molecule has 2 aromatic rings. The Kier molecular flexibility index (Phi) is 5.21. The number of methoxy groups -OCH3 is 1. The van der Waals surface area contributed by atoms with Gasteiger partial charge in [-0.25, -0.2) is 9.78 Å². The van der Waals surface area contributed by atoms with Gasteiger partial charge in [-0.3, -0.25) is 0 Å². The molecule has 2 rings (SSSR count). The number of carbonyl (C=O) groups is 1. The number of ether oxygens (including phenoxy) is 1. The topological polar surface area (TPSA) is 51.2 Å². The first-order chi connectivity index (χ1) is 11.5. The third kappa shape index (κ3) is 4.81. The number of hydrogen-bond donors (Lipinski definition) is 1. The Labute approximate surface area is 150 Å². The predicted octanol–water partition coefficient (Wildman–Crippen LogP) is 5.21. The van der Waals surface area contributed by atoms with Gasteiger partial charge in [-0.15, -0.1) is 0 Å². The van der Waals surface area contributed by atoms with E-state index in [9.17, 15) is 4.79 Å². The lowest BCUT2D eigenvalue weighted by molar-refractivity contribution is 0.0600. The summed E-state index contributed by atoms with van der Waals surface area (Å²) in [4.78, 5) is 15.8. The summed E-state index contributed by atoms with van der Waals surface area (Å²) in [6.45, 7) is 13.3. The summed E-state index contributed by atoms with van der Waals surface area (Å²) >= 11 is 0. The van der Waals surface area contributed by atoms with Crippen LogP contribution in [0.15, 0.2) is 36.5 Å². The second-order valence-electron chi connectivity index (χ2n) is 8.35. The van der Waals surface area contributed by atoms with E-state index >= 15 is 0 Å². The van der Waals surface area contributed by atoms with Crippen LogP contribution in [0.4, 0.5) is 11.5 Å². The van der Waals surface area contributed by atoms with E-state index in [0.717, 1.165) is 5.69 Å². The molecule has 0 spiro atoms. The number of nitrogens with one attached hydrogen (secondary N) is 1. The number of benzene rings is 1. The second-order valence-corrected chi connectivity index (χ2v) is 8.35. The molecule has 1 aromatic heterocycles. The van der Waals surface area contributed by atoms with Crippen molar-refractivity contribution in [3.63, 3.8) is 0 Å². The van der Waals surface area contributed by atoms with E-state index in [1.807, 2.05) is 0 Å². The first-order valence-corrected chi connectivity index (χ1v) is 8.48. The molecule has 0 unspecified atom stereocenters. The van der Waals surface area contributed by atoms with Crippen LogP contribution in [0.1, 0.15) is 63.0 Å². The highest BCUT2D eigenvalue weighted by Crippen LogP contribution is 2.32. The van der Waals surface area contributed by atoms with Crippen LogP contribution in [-0.2, 0) is 15.6 Å². The van der Waals surface area contributed by atoms with Crippen LogP contribution in [0.25, 0.3) is 0 Å². The molecule has 0 atom stereocenters. The van der Waals surface area contributed by atoms with Gasteiger partial charge < -0.3 is 10.1 Å². The molecule has 0 radical (unpaired) electrons. The number of nitrogens with zero attached hydrogens (tertiary/aromatic N) is 1. The van der Waals surface area contributed by atoms with Crippen LogP contribution in [0.2, 0.25) is 0 Å². The first kappa shape index (κ1) is 19.0. The molecular weight excluding hydrogens is 312 g/mol. The number of rotatable bonds is 3. The van der Waals surface area contributed by atoms with E-state index in [0.29, 0.717) is 11.4 Å². The fraction of sp³-hybridized carbons (Fsp3) is 0.429. The Balaban J connectivity index is 2.37. The molecule has 0 aliphatic heterocycles. The van der Waals surface area contributed by atoms with E-state index in [1.54, 1.807) is 12.1 Å². The van der Waals surface area contributed by atoms with Crippen molar-refractivity contribution in [1.82, 2.24) is 4.98 Å². The number of anilines is 2. The third-order valence-corrected chi connectivity index (χ3v) is 4.12. The molecule has 0 aliphatic carbocycles. The predicted molar refractivity (Wildman–Crippen MR) is 103 cm³/mol. The molecule has 0 fully saturated rings. The lowest BCUT2D eigenvalue weighted by Crippen LogP contribution is -2.16. The van der Waals surface area contributed by atoms with Crippen LogP contribution in [0.3, 0.4) is 0 Å². The van der Waals surface area contributed by atoms with Crippen LogP contribution in [-0.4, -0.2) is 18.1 Å². The maximum Gasteiger partial charge on any atom is 0.339 e. The van der Waals surface area contributed by atoms with Crippen molar-refractivity contribution in [2.24, 2.45) is 0 Å². The van der Waals surface area contributed by atoms with Gasteiger partial charge in [-0.2, -0.15) is 0 Å². The van der Waals surface area contributed by atoms with Gasteiger partial charge in [0, 0.05) is 11.9 Å². The summed E-state index contributed by atoms with van der Waals surface area (Å²) in [6, 6.07) is 10.1. The van der Waals surface area contributed by atoms with Crippen molar-refractivity contribution in [1.29, 1.82) is 0 Å². The molecule has 4 heteroatoms. The van der Waals surface area contributed by atoms with Crippen molar-refractivity contribution in [2.75, 3.05) is 12.4 Å². The molecule has 0 saturated heterocycles. The zero-order chi connectivity index (χ0) is 18.8. The van der Waals surface area contributed by atoms with Crippen LogP contribution in [0, 0.1) is 0 Å². The minimum absolute atomic E-state index is 0.0554. The molecule has 25 heavy (non-hydrogen) atoms. The first-order valence-electron chi connectivity index (χ1n) is 8.48. The second kappa shape index (κ2) is 6.87. The number of carbonyl (C=O) groups excluding carboxylic acids is 1. The van der Waals surface area contributed by atoms with Gasteiger partial charge >= 0.3 is 5.97 Å².